The molecule has 3 saturated heterocycles. The van der Waals surface area contributed by atoms with Crippen LogP contribution in [-0.4, -0.2) is 87.7 Å². The third kappa shape index (κ3) is 5.23. The smallest absolute Gasteiger partial charge is 0.326 e. The molecule has 1 N–H and O–H groups in total. The molecule has 3 atom stereocenters. The van der Waals surface area contributed by atoms with Gasteiger partial charge in [0.1, 0.15) is 23.4 Å². The molecule has 0 radical (unpaired) electrons. The Hall–Kier alpha value is -3.93. The molecular formula is C28H28F2N6O5S. The van der Waals surface area contributed by atoms with Gasteiger partial charge in [0.2, 0.25) is 17.7 Å². The van der Waals surface area contributed by atoms with Gasteiger partial charge in [-0.2, -0.15) is 9.97 Å². The van der Waals surface area contributed by atoms with Crippen LogP contribution in [-0.2, 0) is 14.3 Å². The van der Waals surface area contributed by atoms with Crippen LogP contribution >= 0.6 is 11.3 Å². The lowest BCUT2D eigenvalue weighted by Crippen LogP contribution is -2.68. The van der Waals surface area contributed by atoms with Crippen LogP contribution < -0.4 is 14.5 Å². The van der Waals surface area contributed by atoms with Crippen LogP contribution in [0.3, 0.4) is 0 Å². The molecule has 14 heteroatoms. The van der Waals surface area contributed by atoms with Gasteiger partial charge in [-0.25, -0.2) is 23.5 Å². The van der Waals surface area contributed by atoms with E-state index >= 15 is 0 Å². The maximum Gasteiger partial charge on any atom is 0.326 e. The number of pyridine rings is 1. The Morgan fingerprint density at radius 3 is 2.79 bits per heavy atom. The SMILES string of the molecule is CC#Cc1cnc(O[C@H]2C[C@@H](C(=O)O)N(c3nc(-c4cccs4)nc(C(F)F)n3)C2)c(N2CCOC3(COC3)[C@@H]2C)c1. The van der Waals surface area contributed by atoms with Gasteiger partial charge in [0, 0.05) is 24.7 Å². The van der Waals surface area contributed by atoms with Crippen LogP contribution in [0.4, 0.5) is 20.4 Å². The van der Waals surface area contributed by atoms with Gasteiger partial charge in [-0.05, 0) is 31.4 Å². The van der Waals surface area contributed by atoms with Crippen molar-refractivity contribution in [2.75, 3.05) is 42.7 Å². The minimum absolute atomic E-state index is 0.0433. The fourth-order valence-corrected chi connectivity index (χ4v) is 6.13. The zero-order valence-corrected chi connectivity index (χ0v) is 23.7. The summed E-state index contributed by atoms with van der Waals surface area (Å²) >= 11 is 1.29. The van der Waals surface area contributed by atoms with Gasteiger partial charge in [0.05, 0.1) is 37.3 Å². The number of thiophene rings is 1. The van der Waals surface area contributed by atoms with Crippen LogP contribution in [0, 0.1) is 11.8 Å². The number of hydrogen-bond acceptors (Lipinski definition) is 11. The monoisotopic (exact) mass is 598 g/mol. The summed E-state index contributed by atoms with van der Waals surface area (Å²) in [6.45, 7) is 5.90. The van der Waals surface area contributed by atoms with E-state index in [2.05, 4.69) is 43.6 Å². The predicted octanol–water partition coefficient (Wildman–Crippen LogP) is 3.41. The highest BCUT2D eigenvalue weighted by Gasteiger charge is 2.50. The highest BCUT2D eigenvalue weighted by molar-refractivity contribution is 7.13. The molecular weight excluding hydrogens is 570 g/mol. The molecule has 0 aromatic carbocycles. The fourth-order valence-electron chi connectivity index (χ4n) is 5.47. The number of ether oxygens (including phenoxy) is 3. The highest BCUT2D eigenvalue weighted by atomic mass is 32.1. The number of halogens is 2. The normalized spacial score (nSPS) is 23.0. The number of nitrogens with zero attached hydrogens (tertiary/aromatic N) is 6. The van der Waals surface area contributed by atoms with E-state index in [9.17, 15) is 18.7 Å². The van der Waals surface area contributed by atoms with Crippen molar-refractivity contribution in [2.24, 2.45) is 0 Å². The van der Waals surface area contributed by atoms with Crippen molar-refractivity contribution in [1.82, 2.24) is 19.9 Å². The molecule has 3 fully saturated rings. The second kappa shape index (κ2) is 11.4. The van der Waals surface area contributed by atoms with Crippen molar-refractivity contribution in [2.45, 2.75) is 50.5 Å². The molecule has 220 valence electrons. The van der Waals surface area contributed by atoms with Crippen molar-refractivity contribution in [1.29, 1.82) is 0 Å². The summed E-state index contributed by atoms with van der Waals surface area (Å²) in [4.78, 5) is 33.2. The van der Waals surface area contributed by atoms with E-state index in [-0.39, 0.29) is 30.8 Å². The van der Waals surface area contributed by atoms with Gasteiger partial charge < -0.3 is 29.1 Å². The third-order valence-corrected chi connectivity index (χ3v) is 8.58. The Kier molecular flexibility index (Phi) is 7.65. The zero-order chi connectivity index (χ0) is 29.4. The number of carboxylic acids is 1. The van der Waals surface area contributed by atoms with E-state index in [0.29, 0.717) is 48.4 Å². The van der Waals surface area contributed by atoms with Crippen molar-refractivity contribution >= 4 is 28.9 Å². The Labute approximate surface area is 244 Å². The van der Waals surface area contributed by atoms with Crippen molar-refractivity contribution in [3.05, 3.63) is 41.2 Å². The lowest BCUT2D eigenvalue weighted by Gasteiger charge is -2.53. The third-order valence-electron chi connectivity index (χ3n) is 7.71. The molecule has 1 spiro atoms. The molecule has 3 aliphatic rings. The van der Waals surface area contributed by atoms with Crippen molar-refractivity contribution < 1.29 is 32.9 Å². The van der Waals surface area contributed by atoms with Crippen molar-refractivity contribution in [3.63, 3.8) is 0 Å². The predicted molar refractivity (Wildman–Crippen MR) is 149 cm³/mol. The number of carboxylic acid groups (broad SMARTS) is 1. The second-order valence-electron chi connectivity index (χ2n) is 10.3. The van der Waals surface area contributed by atoms with Crippen LogP contribution in [0.15, 0.2) is 29.8 Å². The number of hydrogen-bond donors (Lipinski definition) is 1. The highest BCUT2D eigenvalue weighted by Crippen LogP contribution is 2.39. The topological polar surface area (TPSA) is 123 Å². The molecule has 0 saturated carbocycles. The number of aliphatic carboxylic acids is 1. The van der Waals surface area contributed by atoms with Crippen LogP contribution in [0.1, 0.15) is 38.1 Å². The van der Waals surface area contributed by atoms with E-state index in [1.165, 1.54) is 16.2 Å². The molecule has 0 unspecified atom stereocenters. The summed E-state index contributed by atoms with van der Waals surface area (Å²) in [6, 6.07) is 4.21. The Balaban J connectivity index is 1.31. The molecule has 11 nitrogen and oxygen atoms in total. The first kappa shape index (κ1) is 28.2. The summed E-state index contributed by atoms with van der Waals surface area (Å²) in [5.74, 6) is 4.30. The summed E-state index contributed by atoms with van der Waals surface area (Å²) in [5.41, 5.74) is 0.990. The van der Waals surface area contributed by atoms with E-state index in [1.807, 2.05) is 6.07 Å². The quantitative estimate of drug-likeness (QED) is 0.403. The fraction of sp³-hybridized carbons (Fsp3) is 0.464. The van der Waals surface area contributed by atoms with Gasteiger partial charge in [-0.15, -0.1) is 17.3 Å². The summed E-state index contributed by atoms with van der Waals surface area (Å²) in [7, 11) is 0. The first-order chi connectivity index (χ1) is 20.3. The van der Waals surface area contributed by atoms with E-state index in [1.54, 1.807) is 30.6 Å². The number of alkyl halides is 2. The van der Waals surface area contributed by atoms with E-state index in [4.69, 9.17) is 14.2 Å². The number of anilines is 2. The molecule has 6 heterocycles. The molecule has 42 heavy (non-hydrogen) atoms. The van der Waals surface area contributed by atoms with E-state index in [0.717, 1.165) is 0 Å². The van der Waals surface area contributed by atoms with Crippen molar-refractivity contribution in [3.8, 4) is 28.4 Å². The molecule has 6 rings (SSSR count). The summed E-state index contributed by atoms with van der Waals surface area (Å²) in [5, 5.41) is 11.8. The Morgan fingerprint density at radius 2 is 2.12 bits per heavy atom. The largest absolute Gasteiger partial charge is 0.480 e. The molecule has 0 bridgehead atoms. The molecule has 3 aromatic heterocycles. The Morgan fingerprint density at radius 1 is 1.29 bits per heavy atom. The van der Waals surface area contributed by atoms with Gasteiger partial charge >= 0.3 is 5.97 Å². The van der Waals surface area contributed by atoms with Crippen LogP contribution in [0.5, 0.6) is 5.88 Å². The lowest BCUT2D eigenvalue weighted by molar-refractivity contribution is -0.228. The van der Waals surface area contributed by atoms with Gasteiger partial charge in [-0.1, -0.05) is 12.0 Å². The number of carbonyl (C=O) groups is 1. The standard InChI is InChI=1S/C28H28F2N6O5S/c1-3-5-17-10-19(35-7-8-40-28(16(35)2)14-39-15-28)25(31-12-17)41-18-11-20(26(37)38)36(13-18)27-33-23(21-6-4-9-42-21)32-24(34-27)22(29)30/h4,6,9-10,12,16,18,20,22H,7-8,11,13-15H2,1-2H3,(H,37,38)/t16-,18-,20-/m0/s1. The van der Waals surface area contributed by atoms with E-state index < -0.39 is 36.0 Å². The minimum Gasteiger partial charge on any atom is -0.480 e. The van der Waals surface area contributed by atoms with Gasteiger partial charge in [-0.3, -0.25) is 0 Å². The number of aromatic nitrogens is 4. The maximum absolute atomic E-state index is 13.8. The average molecular weight is 599 g/mol. The lowest BCUT2D eigenvalue weighted by atomic mass is 9.90. The van der Waals surface area contributed by atoms with Gasteiger partial charge in [0.15, 0.2) is 5.82 Å². The molecule has 3 aliphatic heterocycles. The number of rotatable bonds is 7. The average Bonchev–Trinajstić information content (AvgIpc) is 3.64. The molecule has 0 aliphatic carbocycles. The van der Waals surface area contributed by atoms with Crippen LogP contribution in [0.25, 0.3) is 10.7 Å². The Bertz CT molecular complexity index is 1530. The van der Waals surface area contributed by atoms with Crippen LogP contribution in [0.2, 0.25) is 0 Å². The summed E-state index contributed by atoms with van der Waals surface area (Å²) in [6.07, 6.45) is -1.93. The zero-order valence-electron chi connectivity index (χ0n) is 22.9. The summed E-state index contributed by atoms with van der Waals surface area (Å²) < 4.78 is 45.4. The van der Waals surface area contributed by atoms with Gasteiger partial charge in [0.25, 0.3) is 6.43 Å². The molecule has 0 amide bonds. The maximum atomic E-state index is 13.8. The minimum atomic E-state index is -2.96. The number of morpholine rings is 1. The first-order valence-corrected chi connectivity index (χ1v) is 14.3. The second-order valence-corrected chi connectivity index (χ2v) is 11.2. The molecule has 3 aromatic rings. The first-order valence-electron chi connectivity index (χ1n) is 13.4.